The van der Waals surface area contributed by atoms with Gasteiger partial charge in [0.2, 0.25) is 5.91 Å². The van der Waals surface area contributed by atoms with Gasteiger partial charge in [-0.05, 0) is 30.2 Å². The van der Waals surface area contributed by atoms with Gasteiger partial charge in [-0.25, -0.2) is 0 Å². The number of hydrogen-bond acceptors (Lipinski definition) is 2. The second kappa shape index (κ2) is 7.93. The zero-order valence-electron chi connectivity index (χ0n) is 14.4. The van der Waals surface area contributed by atoms with E-state index in [1.54, 1.807) is 6.08 Å². The van der Waals surface area contributed by atoms with E-state index in [0.29, 0.717) is 6.42 Å². The van der Waals surface area contributed by atoms with Crippen molar-refractivity contribution in [2.45, 2.75) is 32.1 Å². The molecular weight excluding hydrogens is 310 g/mol. The minimum Gasteiger partial charge on any atom is -0.326 e. The molecular formula is C22H23NO2. The quantitative estimate of drug-likeness (QED) is 0.860. The van der Waals surface area contributed by atoms with Crippen LogP contribution < -0.4 is 5.32 Å². The number of nitrogens with one attached hydrogen (secondary N) is 1. The van der Waals surface area contributed by atoms with Crippen molar-refractivity contribution in [3.63, 3.8) is 0 Å². The van der Waals surface area contributed by atoms with E-state index in [0.717, 1.165) is 29.7 Å². The molecule has 0 saturated carbocycles. The normalized spacial score (nSPS) is 20.0. The van der Waals surface area contributed by atoms with Crippen molar-refractivity contribution >= 4 is 17.4 Å². The Morgan fingerprint density at radius 1 is 1.04 bits per heavy atom. The molecule has 1 aliphatic carbocycles. The number of allylic oxidation sites excluding steroid dienone is 1. The summed E-state index contributed by atoms with van der Waals surface area (Å²) in [5.41, 5.74) is 2.78. The summed E-state index contributed by atoms with van der Waals surface area (Å²) in [4.78, 5) is 25.3. The Morgan fingerprint density at radius 2 is 1.68 bits per heavy atom. The molecule has 3 heteroatoms. The molecule has 2 atom stereocenters. The maximum Gasteiger partial charge on any atom is 0.232 e. The number of rotatable bonds is 5. The van der Waals surface area contributed by atoms with Crippen molar-refractivity contribution in [3.05, 3.63) is 77.9 Å². The highest BCUT2D eigenvalue weighted by molar-refractivity contribution is 6.00. The van der Waals surface area contributed by atoms with E-state index in [1.165, 1.54) is 0 Å². The summed E-state index contributed by atoms with van der Waals surface area (Å²) in [7, 11) is 0. The number of anilines is 1. The van der Waals surface area contributed by atoms with Crippen LogP contribution in [0.3, 0.4) is 0 Å². The lowest BCUT2D eigenvalue weighted by molar-refractivity contribution is -0.121. The minimum atomic E-state index is -0.305. The molecule has 128 valence electrons. The van der Waals surface area contributed by atoms with Crippen LogP contribution in [0.2, 0.25) is 0 Å². The Labute approximate surface area is 148 Å². The highest BCUT2D eigenvalue weighted by Crippen LogP contribution is 2.39. The molecule has 3 rings (SSSR count). The number of amides is 1. The Balaban J connectivity index is 1.94. The molecule has 0 bridgehead atoms. The highest BCUT2D eigenvalue weighted by Gasteiger charge is 2.36. The van der Waals surface area contributed by atoms with Gasteiger partial charge in [-0.15, -0.1) is 0 Å². The first-order chi connectivity index (χ1) is 12.2. The Hall–Kier alpha value is -2.68. The van der Waals surface area contributed by atoms with Crippen molar-refractivity contribution < 1.29 is 9.59 Å². The van der Waals surface area contributed by atoms with Gasteiger partial charge in [-0.1, -0.05) is 67.4 Å². The molecule has 1 N–H and O–H groups in total. The minimum absolute atomic E-state index is 0.0350. The fourth-order valence-electron chi connectivity index (χ4n) is 3.57. The lowest BCUT2D eigenvalue weighted by Crippen LogP contribution is -2.34. The van der Waals surface area contributed by atoms with Crippen molar-refractivity contribution in [2.24, 2.45) is 5.92 Å². The van der Waals surface area contributed by atoms with Crippen LogP contribution in [-0.2, 0) is 9.59 Å². The second-order valence-corrected chi connectivity index (χ2v) is 6.49. The molecule has 3 nitrogen and oxygen atoms in total. The predicted octanol–water partition coefficient (Wildman–Crippen LogP) is 4.72. The molecule has 0 fully saturated rings. The fraction of sp³-hybridized carbons (Fsp3) is 0.273. The molecule has 0 unspecified atom stereocenters. The molecule has 25 heavy (non-hydrogen) atoms. The number of carbonyl (C=O) groups is 2. The van der Waals surface area contributed by atoms with Crippen LogP contribution >= 0.6 is 0 Å². The largest absolute Gasteiger partial charge is 0.326 e. The summed E-state index contributed by atoms with van der Waals surface area (Å²) in [5.74, 6) is -0.336. The molecule has 1 aliphatic rings. The van der Waals surface area contributed by atoms with E-state index in [-0.39, 0.29) is 23.5 Å². The van der Waals surface area contributed by atoms with Crippen LogP contribution in [0.1, 0.15) is 37.7 Å². The number of para-hydroxylation sites is 1. The van der Waals surface area contributed by atoms with Gasteiger partial charge in [0, 0.05) is 18.0 Å². The van der Waals surface area contributed by atoms with Gasteiger partial charge < -0.3 is 5.32 Å². The van der Waals surface area contributed by atoms with Crippen molar-refractivity contribution in [1.29, 1.82) is 0 Å². The van der Waals surface area contributed by atoms with Gasteiger partial charge in [-0.2, -0.15) is 0 Å². The van der Waals surface area contributed by atoms with Gasteiger partial charge in [0.15, 0.2) is 5.78 Å². The second-order valence-electron chi connectivity index (χ2n) is 6.49. The number of benzene rings is 2. The van der Waals surface area contributed by atoms with Crippen molar-refractivity contribution in [2.75, 3.05) is 5.32 Å². The monoisotopic (exact) mass is 333 g/mol. The molecule has 2 aromatic rings. The first-order valence-corrected chi connectivity index (χ1v) is 8.83. The van der Waals surface area contributed by atoms with Gasteiger partial charge >= 0.3 is 0 Å². The van der Waals surface area contributed by atoms with E-state index in [2.05, 4.69) is 12.2 Å². The molecule has 0 saturated heterocycles. The third kappa shape index (κ3) is 4.05. The van der Waals surface area contributed by atoms with Crippen LogP contribution in [0.5, 0.6) is 0 Å². The molecule has 0 heterocycles. The number of ketones is 1. The predicted molar refractivity (Wildman–Crippen MR) is 100 cm³/mol. The zero-order valence-corrected chi connectivity index (χ0v) is 14.4. The molecule has 1 amide bonds. The van der Waals surface area contributed by atoms with Gasteiger partial charge in [0.05, 0.1) is 5.92 Å². The molecule has 0 radical (unpaired) electrons. The summed E-state index contributed by atoms with van der Waals surface area (Å²) in [6, 6.07) is 19.4. The molecule has 0 aromatic heterocycles. The topological polar surface area (TPSA) is 46.2 Å². The lowest BCUT2D eigenvalue weighted by Gasteiger charge is -2.31. The highest BCUT2D eigenvalue weighted by atomic mass is 16.2. The SMILES string of the molecule is CCCC1=CC(=O)C[C@@H](c2ccccc2)[C@H]1C(=O)Nc1ccccc1. The van der Waals surface area contributed by atoms with E-state index in [4.69, 9.17) is 0 Å². The van der Waals surface area contributed by atoms with Crippen LogP contribution in [0.4, 0.5) is 5.69 Å². The van der Waals surface area contributed by atoms with E-state index < -0.39 is 0 Å². The smallest absolute Gasteiger partial charge is 0.232 e. The molecule has 2 aromatic carbocycles. The average molecular weight is 333 g/mol. The van der Waals surface area contributed by atoms with Crippen LogP contribution in [0.25, 0.3) is 0 Å². The van der Waals surface area contributed by atoms with Gasteiger partial charge in [0.1, 0.15) is 0 Å². The van der Waals surface area contributed by atoms with Crippen LogP contribution in [-0.4, -0.2) is 11.7 Å². The molecule has 0 aliphatic heterocycles. The third-order valence-corrected chi connectivity index (χ3v) is 4.66. The Morgan fingerprint density at radius 3 is 2.32 bits per heavy atom. The summed E-state index contributed by atoms with van der Waals surface area (Å²) >= 11 is 0. The third-order valence-electron chi connectivity index (χ3n) is 4.66. The first kappa shape index (κ1) is 17.2. The maximum absolute atomic E-state index is 13.1. The summed E-state index contributed by atoms with van der Waals surface area (Å²) < 4.78 is 0. The van der Waals surface area contributed by atoms with E-state index >= 15 is 0 Å². The summed E-state index contributed by atoms with van der Waals surface area (Å²) in [6.07, 6.45) is 3.75. The fourth-order valence-corrected chi connectivity index (χ4v) is 3.57. The first-order valence-electron chi connectivity index (χ1n) is 8.83. The van der Waals surface area contributed by atoms with Crippen molar-refractivity contribution in [3.8, 4) is 0 Å². The molecule has 0 spiro atoms. The Kier molecular flexibility index (Phi) is 5.44. The van der Waals surface area contributed by atoms with Crippen LogP contribution in [0, 0.1) is 5.92 Å². The van der Waals surface area contributed by atoms with Crippen molar-refractivity contribution in [1.82, 2.24) is 0 Å². The number of hydrogen-bond donors (Lipinski definition) is 1. The average Bonchev–Trinajstić information content (AvgIpc) is 2.63. The summed E-state index contributed by atoms with van der Waals surface area (Å²) in [5, 5.41) is 3.02. The number of carbonyl (C=O) groups excluding carboxylic acids is 2. The maximum atomic E-state index is 13.1. The standard InChI is InChI=1S/C22H23NO2/c1-2-9-17-14-19(24)15-20(16-10-5-3-6-11-16)21(17)22(25)23-18-12-7-4-8-13-18/h3-8,10-14,20-21H,2,9,15H2,1H3,(H,23,25)/t20-,21-/m0/s1. The zero-order chi connectivity index (χ0) is 17.6. The lowest BCUT2D eigenvalue weighted by atomic mass is 9.72. The van der Waals surface area contributed by atoms with Crippen LogP contribution in [0.15, 0.2) is 72.3 Å². The Bertz CT molecular complexity index is 765. The van der Waals surface area contributed by atoms with Gasteiger partial charge in [-0.3, -0.25) is 9.59 Å². The van der Waals surface area contributed by atoms with E-state index in [1.807, 2.05) is 60.7 Å². The van der Waals surface area contributed by atoms with E-state index in [9.17, 15) is 9.59 Å². The summed E-state index contributed by atoms with van der Waals surface area (Å²) in [6.45, 7) is 2.07. The van der Waals surface area contributed by atoms with Gasteiger partial charge in [0.25, 0.3) is 0 Å².